The molecule has 0 spiro atoms. The Labute approximate surface area is 127 Å². The van der Waals surface area contributed by atoms with Gasteiger partial charge in [-0.1, -0.05) is 0 Å². The quantitative estimate of drug-likeness (QED) is 0.844. The normalized spacial score (nSPS) is 12.0. The van der Waals surface area contributed by atoms with Crippen molar-refractivity contribution in [1.29, 1.82) is 0 Å². The van der Waals surface area contributed by atoms with Crippen LogP contribution in [0.25, 0.3) is 10.2 Å². The van der Waals surface area contributed by atoms with Gasteiger partial charge in [0.25, 0.3) is 0 Å². The highest BCUT2D eigenvalue weighted by Gasteiger charge is 2.21. The summed E-state index contributed by atoms with van der Waals surface area (Å²) in [4.78, 5) is 17.7. The lowest BCUT2D eigenvalue weighted by atomic mass is 10.2. The zero-order valence-electron chi connectivity index (χ0n) is 12.5. The predicted octanol–water partition coefficient (Wildman–Crippen LogP) is 1.98. The molecule has 0 radical (unpaired) electrons. The van der Waals surface area contributed by atoms with Gasteiger partial charge in [0, 0.05) is 19.2 Å². The van der Waals surface area contributed by atoms with Crippen LogP contribution in [0.4, 0.5) is 11.5 Å². The summed E-state index contributed by atoms with van der Waals surface area (Å²) in [5, 5.41) is 1.50. The number of hydrogen-bond donors (Lipinski definition) is 2. The van der Waals surface area contributed by atoms with Crippen molar-refractivity contribution in [2.45, 2.75) is 27.3 Å². The molecule has 2 heterocycles. The number of carbonyl (C=O) groups excluding carboxylic acids is 1. The molecule has 0 bridgehead atoms. The SMILES string of the molecule is CCN=c1cc(N)n(CC)c2sc(C(=O)OCC)c(N)c12. The first-order valence-electron chi connectivity index (χ1n) is 6.93. The standard InChI is InChI=1S/C14H20N4O2S/c1-4-17-8-7-9(15)18(5-2)13-10(8)11(16)12(21-13)14(19)20-6-3/h7H,4-6,15-16H2,1-3H3. The number of carbonyl (C=O) groups is 1. The predicted molar refractivity (Wildman–Crippen MR) is 86.4 cm³/mol. The molecule has 6 nitrogen and oxygen atoms in total. The lowest BCUT2D eigenvalue weighted by Crippen LogP contribution is -2.14. The van der Waals surface area contributed by atoms with Gasteiger partial charge in [0.15, 0.2) is 0 Å². The lowest BCUT2D eigenvalue weighted by molar-refractivity contribution is 0.0533. The van der Waals surface area contributed by atoms with Gasteiger partial charge < -0.3 is 20.8 Å². The Bertz CT molecular complexity index is 745. The van der Waals surface area contributed by atoms with Crippen LogP contribution in [0.2, 0.25) is 0 Å². The van der Waals surface area contributed by atoms with Gasteiger partial charge in [0.2, 0.25) is 0 Å². The average molecular weight is 308 g/mol. The Morgan fingerprint density at radius 1 is 1.38 bits per heavy atom. The Hall–Kier alpha value is -2.02. The van der Waals surface area contributed by atoms with Crippen molar-refractivity contribution in [1.82, 2.24) is 4.57 Å². The Morgan fingerprint density at radius 2 is 2.10 bits per heavy atom. The van der Waals surface area contributed by atoms with E-state index in [-0.39, 0.29) is 0 Å². The summed E-state index contributed by atoms with van der Waals surface area (Å²) in [6, 6.07) is 1.80. The number of nitrogen functional groups attached to an aromatic ring is 2. The first-order valence-corrected chi connectivity index (χ1v) is 7.75. The molecule has 2 aromatic heterocycles. The average Bonchev–Trinajstić information content (AvgIpc) is 2.78. The molecule has 0 aliphatic heterocycles. The van der Waals surface area contributed by atoms with Crippen molar-refractivity contribution < 1.29 is 9.53 Å². The maximum atomic E-state index is 12.0. The van der Waals surface area contributed by atoms with E-state index in [0.29, 0.717) is 36.1 Å². The molecule has 0 aliphatic carbocycles. The monoisotopic (exact) mass is 308 g/mol. The molecule has 21 heavy (non-hydrogen) atoms. The number of nitrogens with zero attached hydrogens (tertiary/aromatic N) is 2. The largest absolute Gasteiger partial charge is 0.462 e. The highest BCUT2D eigenvalue weighted by Crippen LogP contribution is 2.33. The van der Waals surface area contributed by atoms with Gasteiger partial charge in [-0.15, -0.1) is 11.3 Å². The Balaban J connectivity index is 2.85. The summed E-state index contributed by atoms with van der Waals surface area (Å²) in [5.41, 5.74) is 12.7. The molecule has 0 atom stereocenters. The number of pyridine rings is 1. The van der Waals surface area contributed by atoms with Crippen molar-refractivity contribution in [3.05, 3.63) is 16.3 Å². The maximum Gasteiger partial charge on any atom is 0.350 e. The minimum Gasteiger partial charge on any atom is -0.462 e. The summed E-state index contributed by atoms with van der Waals surface area (Å²) in [6.07, 6.45) is 0. The van der Waals surface area contributed by atoms with Crippen molar-refractivity contribution in [2.75, 3.05) is 24.6 Å². The summed E-state index contributed by atoms with van der Waals surface area (Å²) in [7, 11) is 0. The van der Waals surface area contributed by atoms with E-state index in [1.165, 1.54) is 11.3 Å². The third kappa shape index (κ3) is 2.61. The van der Waals surface area contributed by atoms with Crippen molar-refractivity contribution in [2.24, 2.45) is 4.99 Å². The molecule has 0 aliphatic rings. The molecule has 4 N–H and O–H groups in total. The molecule has 0 saturated carbocycles. The van der Waals surface area contributed by atoms with Crippen molar-refractivity contribution in [3.8, 4) is 0 Å². The van der Waals surface area contributed by atoms with E-state index in [1.807, 2.05) is 18.4 Å². The lowest BCUT2D eigenvalue weighted by Gasteiger charge is -2.09. The highest BCUT2D eigenvalue weighted by molar-refractivity contribution is 7.21. The van der Waals surface area contributed by atoms with Crippen LogP contribution in [0.5, 0.6) is 0 Å². The fourth-order valence-electron chi connectivity index (χ4n) is 2.25. The van der Waals surface area contributed by atoms with Crippen LogP contribution >= 0.6 is 11.3 Å². The van der Waals surface area contributed by atoms with Crippen LogP contribution in [0.15, 0.2) is 11.1 Å². The number of thiophene rings is 1. The Morgan fingerprint density at radius 3 is 2.67 bits per heavy atom. The minimum absolute atomic E-state index is 0.314. The van der Waals surface area contributed by atoms with E-state index >= 15 is 0 Å². The first kappa shape index (κ1) is 15.4. The third-order valence-corrected chi connectivity index (χ3v) is 4.34. The zero-order chi connectivity index (χ0) is 15.6. The van der Waals surface area contributed by atoms with E-state index in [2.05, 4.69) is 4.99 Å². The maximum absolute atomic E-state index is 12.0. The van der Waals surface area contributed by atoms with Crippen LogP contribution in [0, 0.1) is 0 Å². The molecule has 2 aromatic rings. The molecule has 0 saturated heterocycles. The number of ether oxygens (including phenoxy) is 1. The number of fused-ring (bicyclic) bond motifs is 1. The summed E-state index contributed by atoms with van der Waals surface area (Å²) < 4.78 is 6.99. The topological polar surface area (TPSA) is 95.6 Å². The molecule has 0 aromatic carbocycles. The van der Waals surface area contributed by atoms with Gasteiger partial charge in [0.05, 0.1) is 23.0 Å². The van der Waals surface area contributed by atoms with Crippen LogP contribution < -0.4 is 16.8 Å². The van der Waals surface area contributed by atoms with Gasteiger partial charge in [-0.2, -0.15) is 0 Å². The summed E-state index contributed by atoms with van der Waals surface area (Å²) in [6.45, 7) is 7.33. The molecule has 0 amide bonds. The number of rotatable bonds is 4. The van der Waals surface area contributed by atoms with E-state index in [1.54, 1.807) is 13.0 Å². The van der Waals surface area contributed by atoms with Gasteiger partial charge >= 0.3 is 5.97 Å². The fraction of sp³-hybridized carbons (Fsp3) is 0.429. The van der Waals surface area contributed by atoms with E-state index in [9.17, 15) is 4.79 Å². The third-order valence-electron chi connectivity index (χ3n) is 3.13. The second-order valence-corrected chi connectivity index (χ2v) is 5.42. The van der Waals surface area contributed by atoms with Crippen molar-refractivity contribution >= 4 is 39.0 Å². The number of nitrogens with two attached hydrogens (primary N) is 2. The van der Waals surface area contributed by atoms with Gasteiger partial charge in [-0.3, -0.25) is 4.99 Å². The number of esters is 1. The van der Waals surface area contributed by atoms with Crippen LogP contribution in [0.1, 0.15) is 30.4 Å². The molecule has 0 fully saturated rings. The summed E-state index contributed by atoms with van der Waals surface area (Å²) >= 11 is 1.30. The molecule has 114 valence electrons. The number of aromatic nitrogens is 1. The Kier molecular flexibility index (Phi) is 4.52. The molecule has 0 unspecified atom stereocenters. The van der Waals surface area contributed by atoms with E-state index < -0.39 is 5.97 Å². The smallest absolute Gasteiger partial charge is 0.350 e. The first-order chi connectivity index (χ1) is 10.0. The van der Waals surface area contributed by atoms with Gasteiger partial charge in [-0.25, -0.2) is 4.79 Å². The van der Waals surface area contributed by atoms with E-state index in [4.69, 9.17) is 16.2 Å². The molecular formula is C14H20N4O2S. The van der Waals surface area contributed by atoms with Crippen molar-refractivity contribution in [3.63, 3.8) is 0 Å². The number of aryl methyl sites for hydroxylation is 1. The van der Waals surface area contributed by atoms with Gasteiger partial charge in [-0.05, 0) is 20.8 Å². The highest BCUT2D eigenvalue weighted by atomic mass is 32.1. The minimum atomic E-state index is -0.403. The molecule has 2 rings (SSSR count). The van der Waals surface area contributed by atoms with Gasteiger partial charge in [0.1, 0.15) is 15.5 Å². The van der Waals surface area contributed by atoms with Crippen LogP contribution in [-0.4, -0.2) is 23.7 Å². The second-order valence-electron chi connectivity index (χ2n) is 4.42. The number of anilines is 2. The van der Waals surface area contributed by atoms with Crippen LogP contribution in [-0.2, 0) is 11.3 Å². The van der Waals surface area contributed by atoms with Crippen LogP contribution in [0.3, 0.4) is 0 Å². The molecular weight excluding hydrogens is 288 g/mol. The zero-order valence-corrected chi connectivity index (χ0v) is 13.3. The number of hydrogen-bond acceptors (Lipinski definition) is 6. The fourth-order valence-corrected chi connectivity index (χ4v) is 3.45. The second kappa shape index (κ2) is 6.17. The molecule has 7 heteroatoms. The van der Waals surface area contributed by atoms with E-state index in [0.717, 1.165) is 15.6 Å². The summed E-state index contributed by atoms with van der Waals surface area (Å²) in [5.74, 6) is 0.203.